The molecule has 94 valence electrons. The number of nitrogens with one attached hydrogen (secondary N) is 1. The van der Waals surface area contributed by atoms with E-state index in [9.17, 15) is 4.21 Å². The highest BCUT2D eigenvalue weighted by molar-refractivity contribution is 7.85. The summed E-state index contributed by atoms with van der Waals surface area (Å²) in [4.78, 5) is 0.881. The molecule has 0 aliphatic heterocycles. The van der Waals surface area contributed by atoms with E-state index in [1.807, 2.05) is 31.3 Å². The molecule has 1 aromatic rings. The first kappa shape index (κ1) is 12.6. The second kappa shape index (κ2) is 5.65. The van der Waals surface area contributed by atoms with E-state index >= 15 is 0 Å². The van der Waals surface area contributed by atoms with Gasteiger partial charge in [0.15, 0.2) is 0 Å². The van der Waals surface area contributed by atoms with Crippen molar-refractivity contribution in [1.82, 2.24) is 5.32 Å². The van der Waals surface area contributed by atoms with Gasteiger partial charge in [0.05, 0.1) is 17.9 Å². The number of hydrogen-bond donors (Lipinski definition) is 1. The minimum absolute atomic E-state index is 0.387. The van der Waals surface area contributed by atoms with Crippen molar-refractivity contribution >= 4 is 10.8 Å². The van der Waals surface area contributed by atoms with Gasteiger partial charge < -0.3 is 10.1 Å². The molecule has 0 saturated heterocycles. The van der Waals surface area contributed by atoms with Crippen LogP contribution in [0.5, 0.6) is 5.75 Å². The minimum Gasteiger partial charge on any atom is -0.497 e. The van der Waals surface area contributed by atoms with Crippen LogP contribution in [0.25, 0.3) is 0 Å². The maximum atomic E-state index is 12.2. The summed E-state index contributed by atoms with van der Waals surface area (Å²) in [6.45, 7) is 0. The molecule has 3 nitrogen and oxygen atoms in total. The van der Waals surface area contributed by atoms with Crippen LogP contribution in [0, 0.1) is 5.92 Å². The van der Waals surface area contributed by atoms with Gasteiger partial charge in [-0.15, -0.1) is 0 Å². The lowest BCUT2D eigenvalue weighted by atomic mass is 10.2. The average molecular weight is 253 g/mol. The second-order valence-corrected chi connectivity index (χ2v) is 5.92. The first-order valence-corrected chi connectivity index (χ1v) is 7.26. The monoisotopic (exact) mass is 253 g/mol. The van der Waals surface area contributed by atoms with Crippen molar-refractivity contribution in [3.8, 4) is 5.75 Å². The number of hydrogen-bond acceptors (Lipinski definition) is 3. The molecule has 0 amide bonds. The number of rotatable bonds is 6. The highest BCUT2D eigenvalue weighted by Gasteiger charge is 2.31. The summed E-state index contributed by atoms with van der Waals surface area (Å²) < 4.78 is 17.3. The standard InChI is InChI=1S/C13H19NO2S/c1-14-13(10-3-4-10)9-17(15)12-7-5-11(16-2)6-8-12/h5-8,10,13-14H,3-4,9H2,1-2H3. The Morgan fingerprint density at radius 2 is 2.06 bits per heavy atom. The van der Waals surface area contributed by atoms with Crippen LogP contribution in [0.2, 0.25) is 0 Å². The largest absolute Gasteiger partial charge is 0.497 e. The van der Waals surface area contributed by atoms with E-state index in [-0.39, 0.29) is 0 Å². The second-order valence-electron chi connectivity index (χ2n) is 4.42. The van der Waals surface area contributed by atoms with Gasteiger partial charge in [0, 0.05) is 16.7 Å². The summed E-state index contributed by atoms with van der Waals surface area (Å²) in [5.74, 6) is 2.23. The van der Waals surface area contributed by atoms with Gasteiger partial charge >= 0.3 is 0 Å². The molecule has 1 aromatic carbocycles. The van der Waals surface area contributed by atoms with E-state index in [1.54, 1.807) is 7.11 Å². The summed E-state index contributed by atoms with van der Waals surface area (Å²) in [5, 5.41) is 3.27. The molecule has 1 saturated carbocycles. The number of ether oxygens (including phenoxy) is 1. The van der Waals surface area contributed by atoms with E-state index in [2.05, 4.69) is 5.32 Å². The Labute approximate surface area is 105 Å². The fourth-order valence-corrected chi connectivity index (χ4v) is 3.34. The molecule has 4 heteroatoms. The Morgan fingerprint density at radius 1 is 1.41 bits per heavy atom. The molecule has 2 rings (SSSR count). The van der Waals surface area contributed by atoms with E-state index in [0.717, 1.165) is 16.6 Å². The fourth-order valence-electron chi connectivity index (χ4n) is 1.94. The van der Waals surface area contributed by atoms with Crippen molar-refractivity contribution in [2.45, 2.75) is 23.8 Å². The van der Waals surface area contributed by atoms with E-state index < -0.39 is 10.8 Å². The lowest BCUT2D eigenvalue weighted by Crippen LogP contribution is -2.33. The predicted octanol–water partition coefficient (Wildman–Crippen LogP) is 1.80. The molecule has 0 bridgehead atoms. The molecule has 0 radical (unpaired) electrons. The normalized spacial score (nSPS) is 18.7. The predicted molar refractivity (Wildman–Crippen MR) is 69.8 cm³/mol. The molecular weight excluding hydrogens is 234 g/mol. The summed E-state index contributed by atoms with van der Waals surface area (Å²) >= 11 is 0. The van der Waals surface area contributed by atoms with Crippen LogP contribution in [0.1, 0.15) is 12.8 Å². The Balaban J connectivity index is 1.97. The quantitative estimate of drug-likeness (QED) is 0.840. The third kappa shape index (κ3) is 3.30. The molecule has 1 fully saturated rings. The van der Waals surface area contributed by atoms with Crippen molar-refractivity contribution < 1.29 is 8.95 Å². The van der Waals surface area contributed by atoms with Gasteiger partial charge in [-0.25, -0.2) is 0 Å². The maximum Gasteiger partial charge on any atom is 0.118 e. The first-order valence-electron chi connectivity index (χ1n) is 5.94. The number of methoxy groups -OCH3 is 1. The van der Waals surface area contributed by atoms with E-state index in [1.165, 1.54) is 12.8 Å². The van der Waals surface area contributed by atoms with Gasteiger partial charge in [-0.05, 0) is 50.1 Å². The summed E-state index contributed by atoms with van der Waals surface area (Å²) in [6, 6.07) is 7.87. The average Bonchev–Trinajstić information content (AvgIpc) is 3.20. The lowest BCUT2D eigenvalue weighted by molar-refractivity contribution is 0.414. The zero-order valence-electron chi connectivity index (χ0n) is 10.3. The van der Waals surface area contributed by atoms with Gasteiger partial charge in [0.25, 0.3) is 0 Å². The third-order valence-electron chi connectivity index (χ3n) is 3.22. The Hall–Kier alpha value is -0.870. The number of benzene rings is 1. The molecule has 17 heavy (non-hydrogen) atoms. The molecule has 1 aliphatic carbocycles. The molecule has 0 heterocycles. The molecule has 1 N–H and O–H groups in total. The van der Waals surface area contributed by atoms with Crippen molar-refractivity contribution in [2.24, 2.45) is 5.92 Å². The summed E-state index contributed by atoms with van der Waals surface area (Å²) in [7, 11) is 2.67. The Bertz CT molecular complexity index is 387. The van der Waals surface area contributed by atoms with Crippen LogP contribution in [0.15, 0.2) is 29.2 Å². The van der Waals surface area contributed by atoms with Crippen molar-refractivity contribution in [1.29, 1.82) is 0 Å². The van der Waals surface area contributed by atoms with Gasteiger partial charge in [-0.1, -0.05) is 0 Å². The van der Waals surface area contributed by atoms with Crippen LogP contribution >= 0.6 is 0 Å². The van der Waals surface area contributed by atoms with Crippen molar-refractivity contribution in [3.05, 3.63) is 24.3 Å². The van der Waals surface area contributed by atoms with Crippen molar-refractivity contribution in [3.63, 3.8) is 0 Å². The molecule has 0 aromatic heterocycles. The third-order valence-corrected chi connectivity index (χ3v) is 4.67. The van der Waals surface area contributed by atoms with Gasteiger partial charge in [-0.2, -0.15) is 0 Å². The zero-order chi connectivity index (χ0) is 12.3. The van der Waals surface area contributed by atoms with E-state index in [0.29, 0.717) is 11.8 Å². The highest BCUT2D eigenvalue weighted by atomic mass is 32.2. The molecule has 2 unspecified atom stereocenters. The summed E-state index contributed by atoms with van der Waals surface area (Å²) in [5.41, 5.74) is 0. The molecular formula is C13H19NO2S. The van der Waals surface area contributed by atoms with Crippen LogP contribution in [0.4, 0.5) is 0 Å². The lowest BCUT2D eigenvalue weighted by Gasteiger charge is -2.14. The highest BCUT2D eigenvalue weighted by Crippen LogP contribution is 2.33. The van der Waals surface area contributed by atoms with Crippen LogP contribution in [0.3, 0.4) is 0 Å². The van der Waals surface area contributed by atoms with Gasteiger partial charge in [0.2, 0.25) is 0 Å². The minimum atomic E-state index is -0.922. The fraction of sp³-hybridized carbons (Fsp3) is 0.538. The smallest absolute Gasteiger partial charge is 0.118 e. The topological polar surface area (TPSA) is 38.3 Å². The molecule has 0 spiro atoms. The van der Waals surface area contributed by atoms with Gasteiger partial charge in [0.1, 0.15) is 5.75 Å². The van der Waals surface area contributed by atoms with E-state index in [4.69, 9.17) is 4.74 Å². The van der Waals surface area contributed by atoms with Crippen LogP contribution < -0.4 is 10.1 Å². The van der Waals surface area contributed by atoms with Crippen molar-refractivity contribution in [2.75, 3.05) is 19.9 Å². The Morgan fingerprint density at radius 3 is 2.53 bits per heavy atom. The first-order chi connectivity index (χ1) is 8.24. The SMILES string of the molecule is CNC(CS(=O)c1ccc(OC)cc1)C1CC1. The van der Waals surface area contributed by atoms with Crippen LogP contribution in [-0.4, -0.2) is 30.2 Å². The molecule has 2 atom stereocenters. The molecule has 1 aliphatic rings. The van der Waals surface area contributed by atoms with Crippen LogP contribution in [-0.2, 0) is 10.8 Å². The summed E-state index contributed by atoms with van der Waals surface area (Å²) in [6.07, 6.45) is 2.54. The Kier molecular flexibility index (Phi) is 4.18. The maximum absolute atomic E-state index is 12.2. The zero-order valence-corrected chi connectivity index (χ0v) is 11.1. The van der Waals surface area contributed by atoms with Gasteiger partial charge in [-0.3, -0.25) is 4.21 Å².